The molecule has 3 rings (SSSR count). The minimum Gasteiger partial charge on any atom is -0.416 e. The van der Waals surface area contributed by atoms with E-state index >= 15 is 0 Å². The van der Waals surface area contributed by atoms with Gasteiger partial charge in [0.25, 0.3) is 0 Å². The van der Waals surface area contributed by atoms with Gasteiger partial charge < -0.3 is 29.1 Å². The highest BCUT2D eigenvalue weighted by Gasteiger charge is 2.43. The third kappa shape index (κ3) is 5.09. The molecule has 146 valence electrons. The minimum absolute atomic E-state index is 0.0383. The maximum absolute atomic E-state index is 13.4. The summed E-state index contributed by atoms with van der Waals surface area (Å²) in [6, 6.07) is 17.4. The lowest BCUT2D eigenvalue weighted by molar-refractivity contribution is -0.0226. The van der Waals surface area contributed by atoms with Gasteiger partial charge in [-0.3, -0.25) is 0 Å². The van der Waals surface area contributed by atoms with E-state index in [1.165, 1.54) is 0 Å². The molecular weight excluding hydrogens is 371 g/mol. The van der Waals surface area contributed by atoms with Crippen molar-refractivity contribution in [2.75, 3.05) is 12.8 Å². The highest BCUT2D eigenvalue weighted by Crippen LogP contribution is 2.49. The first-order valence-electron chi connectivity index (χ1n) is 8.71. The second-order valence-corrected chi connectivity index (χ2v) is 8.34. The van der Waals surface area contributed by atoms with Gasteiger partial charge in [-0.25, -0.2) is 4.57 Å². The van der Waals surface area contributed by atoms with Crippen LogP contribution < -0.4 is 9.05 Å². The summed E-state index contributed by atoms with van der Waals surface area (Å²) >= 11 is 0. The average Bonchev–Trinajstić information content (AvgIpc) is 2.96. The molecule has 4 atom stereocenters. The first kappa shape index (κ1) is 19.9. The molecule has 2 aromatic rings. The quantitative estimate of drug-likeness (QED) is 0.590. The van der Waals surface area contributed by atoms with Gasteiger partial charge in [0.1, 0.15) is 29.8 Å². The van der Waals surface area contributed by atoms with E-state index in [9.17, 15) is 19.9 Å². The van der Waals surface area contributed by atoms with Crippen molar-refractivity contribution >= 4 is 7.60 Å². The fourth-order valence-electron chi connectivity index (χ4n) is 2.89. The van der Waals surface area contributed by atoms with Crippen LogP contribution in [0.15, 0.2) is 60.7 Å². The van der Waals surface area contributed by atoms with E-state index in [1.807, 2.05) is 12.1 Å². The summed E-state index contributed by atoms with van der Waals surface area (Å²) in [7, 11) is -3.63. The molecule has 0 amide bonds. The Balaban J connectivity index is 1.73. The summed E-state index contributed by atoms with van der Waals surface area (Å²) in [4.78, 5) is 0. The summed E-state index contributed by atoms with van der Waals surface area (Å²) in [6.45, 7) is -0.409. The van der Waals surface area contributed by atoms with Crippen LogP contribution in [0.1, 0.15) is 6.42 Å². The molecule has 0 spiro atoms. The highest BCUT2D eigenvalue weighted by atomic mass is 31.2. The lowest BCUT2D eigenvalue weighted by Gasteiger charge is -2.22. The number of benzene rings is 2. The molecule has 1 aliphatic heterocycles. The Morgan fingerprint density at radius 3 is 1.78 bits per heavy atom. The topological polar surface area (TPSA) is 105 Å². The van der Waals surface area contributed by atoms with Crippen LogP contribution in [0.5, 0.6) is 11.5 Å². The normalized spacial score (nSPS) is 25.3. The van der Waals surface area contributed by atoms with Crippen molar-refractivity contribution in [3.63, 3.8) is 0 Å². The molecule has 0 radical (unpaired) electrons. The predicted molar refractivity (Wildman–Crippen MR) is 99.0 cm³/mol. The van der Waals surface area contributed by atoms with Crippen molar-refractivity contribution in [3.05, 3.63) is 60.7 Å². The summed E-state index contributed by atoms with van der Waals surface area (Å²) in [5.41, 5.74) is 0. The smallest absolute Gasteiger partial charge is 0.416 e. The van der Waals surface area contributed by atoms with Crippen molar-refractivity contribution in [2.45, 2.75) is 30.8 Å². The molecule has 3 N–H and O–H groups in total. The third-order valence-electron chi connectivity index (χ3n) is 4.30. The van der Waals surface area contributed by atoms with E-state index < -0.39 is 38.6 Å². The maximum Gasteiger partial charge on any atom is 0.430 e. The summed E-state index contributed by atoms with van der Waals surface area (Å²) in [5, 5.41) is 29.1. The zero-order valence-corrected chi connectivity index (χ0v) is 15.5. The lowest BCUT2D eigenvalue weighted by atomic mass is 10.1. The summed E-state index contributed by atoms with van der Waals surface area (Å²) in [6.07, 6.45) is -3.91. The number of para-hydroxylation sites is 2. The number of aliphatic hydroxyl groups is 3. The zero-order valence-electron chi connectivity index (χ0n) is 14.6. The molecule has 0 aliphatic carbocycles. The number of hydrogen-bond acceptors (Lipinski definition) is 7. The molecule has 0 unspecified atom stereocenters. The van der Waals surface area contributed by atoms with Gasteiger partial charge in [0.2, 0.25) is 0 Å². The Hall–Kier alpha value is -1.89. The van der Waals surface area contributed by atoms with Crippen molar-refractivity contribution in [1.29, 1.82) is 0 Å². The number of aliphatic hydroxyl groups excluding tert-OH is 3. The summed E-state index contributed by atoms with van der Waals surface area (Å²) < 4.78 is 30.1. The molecule has 8 heteroatoms. The molecule has 2 aromatic carbocycles. The van der Waals surface area contributed by atoms with E-state index in [-0.39, 0.29) is 12.6 Å². The lowest BCUT2D eigenvalue weighted by Crippen LogP contribution is -2.34. The average molecular weight is 394 g/mol. The second-order valence-electron chi connectivity index (χ2n) is 6.31. The first-order chi connectivity index (χ1) is 13.0. The van der Waals surface area contributed by atoms with Crippen LogP contribution in [-0.2, 0) is 9.30 Å². The van der Waals surface area contributed by atoms with Gasteiger partial charge in [0, 0.05) is 0 Å². The number of hydrogen-bond donors (Lipinski definition) is 3. The fourth-order valence-corrected chi connectivity index (χ4v) is 4.57. The van der Waals surface area contributed by atoms with E-state index in [1.54, 1.807) is 48.5 Å². The Bertz CT molecular complexity index is 710. The highest BCUT2D eigenvalue weighted by molar-refractivity contribution is 7.54. The molecular formula is C19H23O7P. The van der Waals surface area contributed by atoms with Gasteiger partial charge in [-0.15, -0.1) is 0 Å². The molecule has 0 aromatic heterocycles. The van der Waals surface area contributed by atoms with Crippen molar-refractivity contribution in [1.82, 2.24) is 0 Å². The van der Waals surface area contributed by atoms with Crippen LogP contribution >= 0.6 is 7.60 Å². The van der Waals surface area contributed by atoms with E-state index in [2.05, 4.69) is 0 Å². The minimum atomic E-state index is -3.63. The van der Waals surface area contributed by atoms with E-state index in [4.69, 9.17) is 13.8 Å². The molecule has 1 heterocycles. The van der Waals surface area contributed by atoms with Crippen molar-refractivity contribution < 1.29 is 33.7 Å². The van der Waals surface area contributed by atoms with Gasteiger partial charge in [-0.1, -0.05) is 36.4 Å². The van der Waals surface area contributed by atoms with Gasteiger partial charge in [0.15, 0.2) is 0 Å². The largest absolute Gasteiger partial charge is 0.430 e. The van der Waals surface area contributed by atoms with Gasteiger partial charge in [-0.05, 0) is 30.7 Å². The molecule has 7 nitrogen and oxygen atoms in total. The summed E-state index contributed by atoms with van der Waals surface area (Å²) in [5.74, 6) is 0.802. The second kappa shape index (κ2) is 8.87. The Morgan fingerprint density at radius 2 is 1.33 bits per heavy atom. The van der Waals surface area contributed by atoms with Crippen LogP contribution in [-0.4, -0.2) is 52.5 Å². The number of rotatable bonds is 8. The Labute approximate surface area is 157 Å². The monoisotopic (exact) mass is 394 g/mol. The fraction of sp³-hybridized carbons (Fsp3) is 0.368. The van der Waals surface area contributed by atoms with Crippen LogP contribution in [0.3, 0.4) is 0 Å². The van der Waals surface area contributed by atoms with Crippen LogP contribution in [0, 0.1) is 0 Å². The van der Waals surface area contributed by atoms with Crippen molar-refractivity contribution in [2.24, 2.45) is 0 Å². The molecule has 1 saturated heterocycles. The third-order valence-corrected chi connectivity index (χ3v) is 6.09. The van der Waals surface area contributed by atoms with Gasteiger partial charge in [0.05, 0.1) is 18.9 Å². The maximum atomic E-state index is 13.4. The van der Waals surface area contributed by atoms with Crippen molar-refractivity contribution in [3.8, 4) is 11.5 Å². The molecule has 0 bridgehead atoms. The molecule has 1 aliphatic rings. The molecule has 0 saturated carbocycles. The molecule has 1 fully saturated rings. The Kier molecular flexibility index (Phi) is 6.52. The van der Waals surface area contributed by atoms with Crippen LogP contribution in [0.4, 0.5) is 0 Å². The van der Waals surface area contributed by atoms with Gasteiger partial charge >= 0.3 is 7.60 Å². The van der Waals surface area contributed by atoms with Gasteiger partial charge in [-0.2, -0.15) is 0 Å². The van der Waals surface area contributed by atoms with Crippen LogP contribution in [0.25, 0.3) is 0 Å². The van der Waals surface area contributed by atoms with E-state index in [0.717, 1.165) is 0 Å². The Morgan fingerprint density at radius 1 is 0.852 bits per heavy atom. The van der Waals surface area contributed by atoms with Crippen LogP contribution in [0.2, 0.25) is 0 Å². The first-order valence-corrected chi connectivity index (χ1v) is 10.4. The standard InChI is InChI=1S/C19H23O7P/c20-13-17-19(22)18(21)16(24-17)11-12-27(23,25-14-7-3-1-4-8-14)26-15-9-5-2-6-10-15/h1-10,16-22H,11-13H2/t16-,17-,18-,19-/m1/s1. The number of ether oxygens (including phenoxy) is 1. The SMILES string of the molecule is O=P(CC[C@H]1O[C@H](CO)[C@@H](O)[C@@H]1O)(Oc1ccccc1)Oc1ccccc1. The molecule has 27 heavy (non-hydrogen) atoms. The zero-order chi connectivity index (χ0) is 19.3. The predicted octanol–water partition coefficient (Wildman–Crippen LogP) is 2.21. The van der Waals surface area contributed by atoms with E-state index in [0.29, 0.717) is 11.5 Å².